The van der Waals surface area contributed by atoms with Crippen LogP contribution in [0, 0.1) is 0 Å². The summed E-state index contributed by atoms with van der Waals surface area (Å²) >= 11 is 0. The molecule has 0 aliphatic heterocycles. The minimum Gasteiger partial charge on any atom is -0.355 e. The zero-order chi connectivity index (χ0) is 17.4. The van der Waals surface area contributed by atoms with E-state index in [-0.39, 0.29) is 5.56 Å². The first-order valence-electron chi connectivity index (χ1n) is 7.82. The Hall–Kier alpha value is -2.89. The summed E-state index contributed by atoms with van der Waals surface area (Å²) in [6.07, 6.45) is 1.59. The van der Waals surface area contributed by atoms with Crippen molar-refractivity contribution < 1.29 is 0 Å². The van der Waals surface area contributed by atoms with E-state index in [1.54, 1.807) is 19.3 Å². The minimum atomic E-state index is -0.390. The Kier molecular flexibility index (Phi) is 3.97. The first kappa shape index (κ1) is 16.0. The molecule has 6 nitrogen and oxygen atoms in total. The van der Waals surface area contributed by atoms with Gasteiger partial charge < -0.3 is 5.32 Å². The van der Waals surface area contributed by atoms with Crippen molar-refractivity contribution in [3.05, 3.63) is 62.9 Å². The lowest BCUT2D eigenvalue weighted by Crippen LogP contribution is -2.37. The fraction of sp³-hybridized carbons (Fsp3) is 0.278. The Morgan fingerprint density at radius 1 is 1.00 bits per heavy atom. The van der Waals surface area contributed by atoms with Crippen molar-refractivity contribution in [2.24, 2.45) is 14.1 Å². The maximum atomic E-state index is 12.5. The quantitative estimate of drug-likeness (QED) is 0.804. The van der Waals surface area contributed by atoms with Gasteiger partial charge in [0, 0.05) is 26.0 Å². The molecule has 0 spiro atoms. The van der Waals surface area contributed by atoms with Crippen molar-refractivity contribution in [3.63, 3.8) is 0 Å². The molecule has 124 valence electrons. The van der Waals surface area contributed by atoms with Crippen LogP contribution in [-0.2, 0) is 14.1 Å². The highest BCUT2D eigenvalue weighted by Crippen LogP contribution is 2.23. The van der Waals surface area contributed by atoms with Gasteiger partial charge in [-0.25, -0.2) is 9.78 Å². The topological polar surface area (TPSA) is 68.9 Å². The summed E-state index contributed by atoms with van der Waals surface area (Å²) < 4.78 is 2.47. The molecule has 0 aliphatic carbocycles. The predicted octanol–water partition coefficient (Wildman–Crippen LogP) is 2.50. The molecule has 0 amide bonds. The SMILES string of the molecule is CC(C)c1ccc(Nc2ccnc3c2c(=O)n(C)c(=O)n3C)cc1. The highest BCUT2D eigenvalue weighted by Gasteiger charge is 2.13. The van der Waals surface area contributed by atoms with Gasteiger partial charge >= 0.3 is 5.69 Å². The molecule has 0 unspecified atom stereocenters. The normalized spacial score (nSPS) is 11.2. The Morgan fingerprint density at radius 3 is 2.29 bits per heavy atom. The number of nitrogens with zero attached hydrogens (tertiary/aromatic N) is 3. The molecule has 0 bridgehead atoms. The van der Waals surface area contributed by atoms with Gasteiger partial charge in [-0.05, 0) is 29.7 Å². The third kappa shape index (κ3) is 2.60. The standard InChI is InChI=1S/C18H20N4O2/c1-11(2)12-5-7-13(8-6-12)20-14-9-10-19-16-15(14)17(23)22(4)18(24)21(16)3/h5-11H,1-4H3,(H,19,20). The maximum absolute atomic E-state index is 12.5. The molecule has 2 heterocycles. The van der Waals surface area contributed by atoms with Gasteiger partial charge in [0.25, 0.3) is 5.56 Å². The summed E-state index contributed by atoms with van der Waals surface area (Å²) in [5.41, 5.74) is 2.38. The van der Waals surface area contributed by atoms with E-state index in [9.17, 15) is 9.59 Å². The molecular formula is C18H20N4O2. The molecule has 1 N–H and O–H groups in total. The zero-order valence-corrected chi connectivity index (χ0v) is 14.2. The highest BCUT2D eigenvalue weighted by atomic mass is 16.2. The summed E-state index contributed by atoms with van der Waals surface area (Å²) in [6.45, 7) is 4.28. The van der Waals surface area contributed by atoms with Crippen molar-refractivity contribution in [2.75, 3.05) is 5.32 Å². The molecule has 2 aromatic heterocycles. The van der Waals surface area contributed by atoms with Gasteiger partial charge in [0.05, 0.1) is 5.69 Å². The van der Waals surface area contributed by atoms with Crippen LogP contribution < -0.4 is 16.6 Å². The molecule has 6 heteroatoms. The summed E-state index contributed by atoms with van der Waals surface area (Å²) in [6, 6.07) is 9.82. The molecular weight excluding hydrogens is 304 g/mol. The lowest BCUT2D eigenvalue weighted by molar-refractivity contribution is 0.708. The van der Waals surface area contributed by atoms with Crippen LogP contribution in [0.15, 0.2) is 46.1 Å². The summed E-state index contributed by atoms with van der Waals surface area (Å²) in [4.78, 5) is 28.8. The predicted molar refractivity (Wildman–Crippen MR) is 96.0 cm³/mol. The molecule has 3 rings (SSSR count). The number of aromatic nitrogens is 3. The Balaban J connectivity index is 2.14. The smallest absolute Gasteiger partial charge is 0.332 e. The zero-order valence-electron chi connectivity index (χ0n) is 14.2. The molecule has 0 aliphatic rings. The second-order valence-electron chi connectivity index (χ2n) is 6.16. The number of fused-ring (bicyclic) bond motifs is 1. The van der Waals surface area contributed by atoms with Gasteiger partial charge in [0.1, 0.15) is 5.39 Å². The van der Waals surface area contributed by atoms with Crippen molar-refractivity contribution in [1.29, 1.82) is 0 Å². The second-order valence-corrected chi connectivity index (χ2v) is 6.16. The van der Waals surface area contributed by atoms with Gasteiger partial charge in [-0.2, -0.15) is 0 Å². The number of anilines is 2. The molecule has 0 saturated carbocycles. The maximum Gasteiger partial charge on any atom is 0.332 e. The van der Waals surface area contributed by atoms with Gasteiger partial charge in [-0.3, -0.25) is 13.9 Å². The second kappa shape index (κ2) is 5.96. The van der Waals surface area contributed by atoms with E-state index in [4.69, 9.17) is 0 Å². The fourth-order valence-electron chi connectivity index (χ4n) is 2.70. The van der Waals surface area contributed by atoms with Gasteiger partial charge in [-0.1, -0.05) is 26.0 Å². The van der Waals surface area contributed by atoms with Gasteiger partial charge in [0.15, 0.2) is 5.65 Å². The van der Waals surface area contributed by atoms with Crippen LogP contribution in [0.2, 0.25) is 0 Å². The molecule has 24 heavy (non-hydrogen) atoms. The Bertz CT molecular complexity index is 1010. The van der Waals surface area contributed by atoms with E-state index < -0.39 is 5.69 Å². The molecule has 3 aromatic rings. The van der Waals surface area contributed by atoms with Crippen LogP contribution in [0.25, 0.3) is 11.0 Å². The minimum absolute atomic E-state index is 0.359. The lowest BCUT2D eigenvalue weighted by Gasteiger charge is -2.13. The van der Waals surface area contributed by atoms with E-state index in [1.807, 2.05) is 12.1 Å². The first-order chi connectivity index (χ1) is 11.4. The summed E-state index contributed by atoms with van der Waals surface area (Å²) in [7, 11) is 3.08. The van der Waals surface area contributed by atoms with Crippen LogP contribution in [0.1, 0.15) is 25.3 Å². The highest BCUT2D eigenvalue weighted by molar-refractivity contribution is 5.90. The largest absolute Gasteiger partial charge is 0.355 e. The van der Waals surface area contributed by atoms with Gasteiger partial charge in [-0.15, -0.1) is 0 Å². The number of rotatable bonds is 3. The van der Waals surface area contributed by atoms with Crippen LogP contribution >= 0.6 is 0 Å². The number of hydrogen-bond acceptors (Lipinski definition) is 4. The van der Waals surface area contributed by atoms with Crippen LogP contribution in [0.3, 0.4) is 0 Å². The number of pyridine rings is 1. The van der Waals surface area contributed by atoms with Crippen LogP contribution in [0.5, 0.6) is 0 Å². The van der Waals surface area contributed by atoms with Gasteiger partial charge in [0.2, 0.25) is 0 Å². The van der Waals surface area contributed by atoms with Crippen molar-refractivity contribution in [1.82, 2.24) is 14.1 Å². The van der Waals surface area contributed by atoms with E-state index in [1.165, 1.54) is 17.2 Å². The summed E-state index contributed by atoms with van der Waals surface area (Å²) in [5, 5.41) is 3.66. The number of benzene rings is 1. The van der Waals surface area contributed by atoms with E-state index in [0.717, 1.165) is 10.3 Å². The van der Waals surface area contributed by atoms with E-state index in [0.29, 0.717) is 22.6 Å². The first-order valence-corrected chi connectivity index (χ1v) is 7.82. The number of hydrogen-bond donors (Lipinski definition) is 1. The van der Waals surface area contributed by atoms with Crippen molar-refractivity contribution in [3.8, 4) is 0 Å². The number of aryl methyl sites for hydroxylation is 1. The molecule has 0 radical (unpaired) electrons. The van der Waals surface area contributed by atoms with Crippen LogP contribution in [-0.4, -0.2) is 14.1 Å². The third-order valence-electron chi connectivity index (χ3n) is 4.20. The van der Waals surface area contributed by atoms with E-state index >= 15 is 0 Å². The summed E-state index contributed by atoms with van der Waals surface area (Å²) in [5.74, 6) is 0.461. The monoisotopic (exact) mass is 324 g/mol. The Morgan fingerprint density at radius 2 is 1.67 bits per heavy atom. The van der Waals surface area contributed by atoms with E-state index in [2.05, 4.69) is 36.3 Å². The Labute approximate surface area is 139 Å². The van der Waals surface area contributed by atoms with Crippen LogP contribution in [0.4, 0.5) is 11.4 Å². The van der Waals surface area contributed by atoms with Crippen molar-refractivity contribution >= 4 is 22.4 Å². The molecule has 0 atom stereocenters. The molecule has 1 aromatic carbocycles. The number of nitrogens with one attached hydrogen (secondary N) is 1. The van der Waals surface area contributed by atoms with Crippen molar-refractivity contribution in [2.45, 2.75) is 19.8 Å². The third-order valence-corrected chi connectivity index (χ3v) is 4.20. The molecule has 0 saturated heterocycles. The average Bonchev–Trinajstić information content (AvgIpc) is 2.58. The lowest BCUT2D eigenvalue weighted by atomic mass is 10.0. The molecule has 0 fully saturated rings. The fourth-order valence-corrected chi connectivity index (χ4v) is 2.70. The average molecular weight is 324 g/mol.